The molecule has 2 aliphatic heterocycles. The van der Waals surface area contributed by atoms with E-state index in [9.17, 15) is 9.59 Å². The van der Waals surface area contributed by atoms with E-state index >= 15 is 0 Å². The average Bonchev–Trinajstić information content (AvgIpc) is 3.31. The van der Waals surface area contributed by atoms with E-state index in [2.05, 4.69) is 4.98 Å². The number of hydrogen-bond acceptors (Lipinski definition) is 6. The van der Waals surface area contributed by atoms with Gasteiger partial charge in [-0.1, -0.05) is 6.07 Å². The summed E-state index contributed by atoms with van der Waals surface area (Å²) >= 11 is 0. The lowest BCUT2D eigenvalue weighted by atomic mass is 9.88. The first-order chi connectivity index (χ1) is 13.2. The Morgan fingerprint density at radius 1 is 1.07 bits per heavy atom. The molecule has 0 aliphatic carbocycles. The van der Waals surface area contributed by atoms with Gasteiger partial charge in [-0.05, 0) is 42.0 Å². The van der Waals surface area contributed by atoms with E-state index in [1.165, 1.54) is 0 Å². The molecule has 2 aromatic heterocycles. The molecule has 0 saturated heterocycles. The number of furan rings is 1. The maximum Gasteiger partial charge on any atom is 0.312 e. The van der Waals surface area contributed by atoms with Crippen LogP contribution >= 0.6 is 0 Å². The Morgan fingerprint density at radius 2 is 2.00 bits per heavy atom. The number of carbonyl (C=O) groups is 2. The second-order valence-electron chi connectivity index (χ2n) is 6.33. The van der Waals surface area contributed by atoms with Gasteiger partial charge < -0.3 is 13.9 Å². The summed E-state index contributed by atoms with van der Waals surface area (Å²) in [5.74, 6) is 0.717. The molecule has 0 saturated carbocycles. The van der Waals surface area contributed by atoms with Crippen LogP contribution in [0.2, 0.25) is 0 Å². The molecule has 1 unspecified atom stereocenters. The number of rotatable bonds is 2. The number of nitrogens with zero attached hydrogens (tertiary/aromatic N) is 1. The molecule has 0 fully saturated rings. The van der Waals surface area contributed by atoms with Gasteiger partial charge in [0.2, 0.25) is 5.78 Å². The fourth-order valence-electron chi connectivity index (χ4n) is 3.45. The van der Waals surface area contributed by atoms with Crippen LogP contribution in [0.4, 0.5) is 0 Å². The number of ketones is 1. The molecule has 0 bridgehead atoms. The van der Waals surface area contributed by atoms with Crippen molar-refractivity contribution in [3.63, 3.8) is 0 Å². The zero-order valence-corrected chi connectivity index (χ0v) is 14.0. The first-order valence-electron chi connectivity index (χ1n) is 8.46. The monoisotopic (exact) mass is 359 g/mol. The van der Waals surface area contributed by atoms with E-state index in [1.54, 1.807) is 55.1 Å². The summed E-state index contributed by atoms with van der Waals surface area (Å²) in [4.78, 5) is 28.9. The quantitative estimate of drug-likeness (QED) is 0.394. The summed E-state index contributed by atoms with van der Waals surface area (Å²) in [6.07, 6.45) is 6.63. The second-order valence-corrected chi connectivity index (χ2v) is 6.33. The summed E-state index contributed by atoms with van der Waals surface area (Å²) in [7, 11) is 0. The third-order valence-corrected chi connectivity index (χ3v) is 4.65. The van der Waals surface area contributed by atoms with Crippen molar-refractivity contribution in [2.45, 2.75) is 12.3 Å². The second kappa shape index (κ2) is 5.95. The van der Waals surface area contributed by atoms with Gasteiger partial charge in [0.25, 0.3) is 0 Å². The van der Waals surface area contributed by atoms with Crippen molar-refractivity contribution in [3.8, 4) is 11.5 Å². The summed E-state index contributed by atoms with van der Waals surface area (Å²) in [5, 5.41) is 0. The van der Waals surface area contributed by atoms with Gasteiger partial charge in [-0.3, -0.25) is 14.6 Å². The Balaban J connectivity index is 1.63. The largest absolute Gasteiger partial charge is 0.469 e. The number of esters is 1. The highest BCUT2D eigenvalue weighted by Crippen LogP contribution is 2.48. The van der Waals surface area contributed by atoms with Crippen LogP contribution in [0.3, 0.4) is 0 Å². The maximum absolute atomic E-state index is 12.8. The SMILES string of the molecule is O=C1CC(c2ccco2)c2c(ccc3c2O/C(=C\c2cccnc2)C3=O)O1. The van der Waals surface area contributed by atoms with Gasteiger partial charge in [-0.2, -0.15) is 0 Å². The third-order valence-electron chi connectivity index (χ3n) is 4.65. The van der Waals surface area contributed by atoms with Crippen molar-refractivity contribution in [2.24, 2.45) is 0 Å². The Morgan fingerprint density at radius 3 is 2.78 bits per heavy atom. The molecular weight excluding hydrogens is 346 g/mol. The van der Waals surface area contributed by atoms with Crippen LogP contribution in [0.1, 0.15) is 39.6 Å². The van der Waals surface area contributed by atoms with Crippen molar-refractivity contribution >= 4 is 17.8 Å². The van der Waals surface area contributed by atoms with E-state index in [0.29, 0.717) is 28.4 Å². The van der Waals surface area contributed by atoms with E-state index in [-0.39, 0.29) is 29.9 Å². The molecule has 0 N–H and O–H groups in total. The Bertz CT molecular complexity index is 1080. The number of benzene rings is 1. The first-order valence-corrected chi connectivity index (χ1v) is 8.46. The number of carbonyl (C=O) groups excluding carboxylic acids is 2. The fourth-order valence-corrected chi connectivity index (χ4v) is 3.45. The number of allylic oxidation sites excluding steroid dienone is 1. The number of aromatic nitrogens is 1. The van der Waals surface area contributed by atoms with Gasteiger partial charge >= 0.3 is 5.97 Å². The minimum atomic E-state index is -0.364. The third kappa shape index (κ3) is 2.54. The highest BCUT2D eigenvalue weighted by Gasteiger charge is 2.39. The highest BCUT2D eigenvalue weighted by atomic mass is 16.5. The molecule has 5 rings (SSSR count). The lowest BCUT2D eigenvalue weighted by Crippen LogP contribution is -2.21. The van der Waals surface area contributed by atoms with Crippen LogP contribution in [-0.2, 0) is 4.79 Å². The number of hydrogen-bond donors (Lipinski definition) is 0. The normalized spacial score (nSPS) is 19.4. The standard InChI is InChI=1S/C21H13NO5/c23-18-10-14(15-4-2-8-25-15)19-16(26-18)6-5-13-20(24)17(27-21(13)19)9-12-3-1-7-22-11-12/h1-9,11,14H,10H2/b17-9-. The first kappa shape index (κ1) is 15.6. The number of pyridine rings is 1. The zero-order valence-electron chi connectivity index (χ0n) is 14.0. The predicted molar refractivity (Wildman–Crippen MR) is 94.4 cm³/mol. The van der Waals surface area contributed by atoms with Gasteiger partial charge in [0.15, 0.2) is 5.76 Å². The molecule has 6 heteroatoms. The van der Waals surface area contributed by atoms with E-state index in [0.717, 1.165) is 5.56 Å². The van der Waals surface area contributed by atoms with Crippen LogP contribution in [-0.4, -0.2) is 16.7 Å². The molecule has 1 atom stereocenters. The summed E-state index contributed by atoms with van der Waals surface area (Å²) in [6, 6.07) is 10.4. The van der Waals surface area contributed by atoms with Gasteiger partial charge in [0.05, 0.1) is 24.2 Å². The van der Waals surface area contributed by atoms with Gasteiger partial charge in [0, 0.05) is 18.0 Å². The summed E-state index contributed by atoms with van der Waals surface area (Å²) in [6.45, 7) is 0. The van der Waals surface area contributed by atoms with Crippen LogP contribution < -0.4 is 9.47 Å². The van der Waals surface area contributed by atoms with Crippen LogP contribution in [0, 0.1) is 0 Å². The van der Waals surface area contributed by atoms with Gasteiger partial charge in [0.1, 0.15) is 17.3 Å². The molecule has 3 aromatic rings. The average molecular weight is 359 g/mol. The zero-order chi connectivity index (χ0) is 18.4. The van der Waals surface area contributed by atoms with Crippen molar-refractivity contribution < 1.29 is 23.5 Å². The van der Waals surface area contributed by atoms with E-state index < -0.39 is 0 Å². The molecule has 6 nitrogen and oxygen atoms in total. The number of ether oxygens (including phenoxy) is 2. The van der Waals surface area contributed by atoms with Crippen LogP contribution in [0.15, 0.2) is 65.2 Å². The molecule has 132 valence electrons. The smallest absolute Gasteiger partial charge is 0.312 e. The fraction of sp³-hybridized carbons (Fsp3) is 0.0952. The molecule has 0 radical (unpaired) electrons. The predicted octanol–water partition coefficient (Wildman–Crippen LogP) is 3.73. The minimum Gasteiger partial charge on any atom is -0.469 e. The van der Waals surface area contributed by atoms with E-state index in [4.69, 9.17) is 13.9 Å². The van der Waals surface area contributed by atoms with Crippen molar-refractivity contribution in [3.05, 3.63) is 83.3 Å². The van der Waals surface area contributed by atoms with Gasteiger partial charge in [-0.25, -0.2) is 0 Å². The lowest BCUT2D eigenvalue weighted by Gasteiger charge is -2.24. The summed E-state index contributed by atoms with van der Waals surface area (Å²) in [5.41, 5.74) is 1.86. The summed E-state index contributed by atoms with van der Waals surface area (Å²) < 4.78 is 16.8. The Kier molecular flexibility index (Phi) is 3.43. The molecule has 0 spiro atoms. The topological polar surface area (TPSA) is 78.6 Å². The highest BCUT2D eigenvalue weighted by molar-refractivity contribution is 6.15. The van der Waals surface area contributed by atoms with Crippen molar-refractivity contribution in [2.75, 3.05) is 0 Å². The van der Waals surface area contributed by atoms with Gasteiger partial charge in [-0.15, -0.1) is 0 Å². The molecule has 27 heavy (non-hydrogen) atoms. The lowest BCUT2D eigenvalue weighted by molar-refractivity contribution is -0.135. The van der Waals surface area contributed by atoms with Crippen molar-refractivity contribution in [1.82, 2.24) is 4.98 Å². The van der Waals surface area contributed by atoms with E-state index in [1.807, 2.05) is 6.07 Å². The Labute approximate surface area is 154 Å². The maximum atomic E-state index is 12.8. The number of Topliss-reactive ketones (excluding diaryl/α,β-unsaturated/α-hetero) is 1. The molecule has 4 heterocycles. The molecular formula is C21H13NO5. The van der Waals surface area contributed by atoms with Crippen LogP contribution in [0.5, 0.6) is 11.5 Å². The van der Waals surface area contributed by atoms with Crippen LogP contribution in [0.25, 0.3) is 6.08 Å². The molecule has 1 aromatic carbocycles. The molecule has 2 aliphatic rings. The van der Waals surface area contributed by atoms with Crippen molar-refractivity contribution in [1.29, 1.82) is 0 Å². The number of fused-ring (bicyclic) bond motifs is 3. The minimum absolute atomic E-state index is 0.121. The molecule has 0 amide bonds. The Hall–Kier alpha value is -3.67.